The summed E-state index contributed by atoms with van der Waals surface area (Å²) in [5, 5.41) is 14.7. The molecule has 2 aromatic carbocycles. The second-order valence-corrected chi connectivity index (χ2v) is 7.37. The first kappa shape index (κ1) is 19.4. The number of hydrogen-bond donors (Lipinski definition) is 3. The normalized spacial score (nSPS) is 11.6. The van der Waals surface area contributed by atoms with E-state index in [0.29, 0.717) is 5.69 Å². The highest BCUT2D eigenvalue weighted by Crippen LogP contribution is 2.18. The molecule has 144 valence electrons. The van der Waals surface area contributed by atoms with Crippen molar-refractivity contribution in [1.29, 1.82) is 0 Å². The van der Waals surface area contributed by atoms with Crippen LogP contribution in [0.3, 0.4) is 0 Å². The third-order valence-corrected chi connectivity index (χ3v) is 4.89. The maximum Gasteiger partial charge on any atom is 0.371 e. The topological polar surface area (TPSA) is 109 Å². The molecule has 0 aliphatic heterocycles. The summed E-state index contributed by atoms with van der Waals surface area (Å²) < 4.78 is 17.1. The number of aromatic carboxylic acids is 1. The van der Waals surface area contributed by atoms with Gasteiger partial charge in [0.1, 0.15) is 11.5 Å². The van der Waals surface area contributed by atoms with E-state index in [-0.39, 0.29) is 23.0 Å². The Kier molecular flexibility index (Phi) is 6.23. The Hall–Kier alpha value is -3.39. The molecule has 1 atom stereocenters. The average Bonchev–Trinajstić information content (AvgIpc) is 3.13. The van der Waals surface area contributed by atoms with E-state index >= 15 is 0 Å². The van der Waals surface area contributed by atoms with Gasteiger partial charge in [0.25, 0.3) is 0 Å². The van der Waals surface area contributed by atoms with Crippen LogP contribution in [0.25, 0.3) is 0 Å². The molecule has 7 nitrogen and oxygen atoms in total. The molecule has 0 fully saturated rings. The van der Waals surface area contributed by atoms with E-state index in [1.165, 1.54) is 12.1 Å². The minimum Gasteiger partial charge on any atom is -0.475 e. The summed E-state index contributed by atoms with van der Waals surface area (Å²) in [6.07, 6.45) is 0. The molecule has 1 amide bonds. The third kappa shape index (κ3) is 5.55. The Balaban J connectivity index is 1.49. The van der Waals surface area contributed by atoms with Gasteiger partial charge in [0.15, 0.2) is 0 Å². The van der Waals surface area contributed by atoms with Gasteiger partial charge >= 0.3 is 5.97 Å². The van der Waals surface area contributed by atoms with E-state index < -0.39 is 22.7 Å². The van der Waals surface area contributed by atoms with Crippen molar-refractivity contribution in [2.75, 3.05) is 16.4 Å². The van der Waals surface area contributed by atoms with Gasteiger partial charge in [-0.1, -0.05) is 18.2 Å². The van der Waals surface area contributed by atoms with Gasteiger partial charge in [0.05, 0.1) is 5.75 Å². The molecule has 3 rings (SSSR count). The van der Waals surface area contributed by atoms with E-state index in [2.05, 4.69) is 10.6 Å². The maximum atomic E-state index is 12.1. The van der Waals surface area contributed by atoms with Crippen LogP contribution in [-0.2, 0) is 21.3 Å². The monoisotopic (exact) mass is 398 g/mol. The fourth-order valence-corrected chi connectivity index (χ4v) is 3.39. The molecule has 0 saturated carbocycles. The largest absolute Gasteiger partial charge is 0.475 e. The van der Waals surface area contributed by atoms with Crippen molar-refractivity contribution in [3.05, 3.63) is 78.3 Å². The molecule has 1 unspecified atom stereocenters. The van der Waals surface area contributed by atoms with Crippen LogP contribution in [0.5, 0.6) is 0 Å². The SMILES string of the molecule is O=C(CS(=O)Cc1ccc(C(=O)O)o1)Nc1ccc(Nc2ccccc2)cc1. The molecule has 0 saturated heterocycles. The summed E-state index contributed by atoms with van der Waals surface area (Å²) in [6.45, 7) is 0. The highest BCUT2D eigenvalue weighted by molar-refractivity contribution is 7.84. The number of furan rings is 1. The number of amides is 1. The number of rotatable bonds is 8. The average molecular weight is 398 g/mol. The minimum absolute atomic E-state index is 0.0271. The molecular formula is C20H18N2O5S. The first-order valence-corrected chi connectivity index (χ1v) is 9.87. The van der Waals surface area contributed by atoms with Gasteiger partial charge in [0, 0.05) is 27.9 Å². The molecule has 0 spiro atoms. The predicted molar refractivity (Wildman–Crippen MR) is 107 cm³/mol. The molecule has 0 aliphatic carbocycles. The molecule has 1 aromatic heterocycles. The smallest absolute Gasteiger partial charge is 0.371 e. The first-order valence-electron chi connectivity index (χ1n) is 8.38. The minimum atomic E-state index is -1.52. The summed E-state index contributed by atoms with van der Waals surface area (Å²) >= 11 is 0. The van der Waals surface area contributed by atoms with Crippen LogP contribution in [0, 0.1) is 0 Å². The second-order valence-electron chi connectivity index (χ2n) is 5.92. The predicted octanol–water partition coefficient (Wildman–Crippen LogP) is 3.61. The number of carboxylic acid groups (broad SMARTS) is 1. The zero-order valence-electron chi connectivity index (χ0n) is 14.8. The number of hydrogen-bond acceptors (Lipinski definition) is 5. The summed E-state index contributed by atoms with van der Waals surface area (Å²) in [6, 6.07) is 19.6. The van der Waals surface area contributed by atoms with Gasteiger partial charge in [-0.3, -0.25) is 9.00 Å². The summed E-state index contributed by atoms with van der Waals surface area (Å²) in [7, 11) is -1.52. The zero-order valence-corrected chi connectivity index (χ0v) is 15.6. The Morgan fingerprint density at radius 2 is 1.54 bits per heavy atom. The van der Waals surface area contributed by atoms with Gasteiger partial charge in [-0.2, -0.15) is 0 Å². The quantitative estimate of drug-likeness (QED) is 0.535. The molecule has 28 heavy (non-hydrogen) atoms. The standard InChI is InChI=1S/C20H18N2O5S/c23-19(13-28(26)12-17-10-11-18(27-17)20(24)25)22-16-8-6-15(7-9-16)21-14-4-2-1-3-5-14/h1-11,21H,12-13H2,(H,22,23)(H,24,25). The Bertz CT molecular complexity index is 983. The summed E-state index contributed by atoms with van der Waals surface area (Å²) in [5.74, 6) is -1.79. The van der Waals surface area contributed by atoms with Crippen LogP contribution >= 0.6 is 0 Å². The van der Waals surface area contributed by atoms with Crippen LogP contribution < -0.4 is 10.6 Å². The van der Waals surface area contributed by atoms with Crippen molar-refractivity contribution in [3.8, 4) is 0 Å². The molecule has 0 bridgehead atoms. The van der Waals surface area contributed by atoms with Gasteiger partial charge < -0.3 is 20.2 Å². The van der Waals surface area contributed by atoms with Crippen LogP contribution in [0.15, 0.2) is 71.1 Å². The molecule has 3 aromatic rings. The summed E-state index contributed by atoms with van der Waals surface area (Å²) in [5.41, 5.74) is 2.42. The number of anilines is 3. The van der Waals surface area contributed by atoms with Crippen LogP contribution in [0.4, 0.5) is 17.1 Å². The Morgan fingerprint density at radius 1 is 0.893 bits per heavy atom. The lowest BCUT2D eigenvalue weighted by Gasteiger charge is -2.08. The number of carboxylic acids is 1. The molecule has 1 heterocycles. The second kappa shape index (κ2) is 9.01. The highest BCUT2D eigenvalue weighted by atomic mass is 32.2. The maximum absolute atomic E-state index is 12.1. The highest BCUT2D eigenvalue weighted by Gasteiger charge is 2.14. The van der Waals surface area contributed by atoms with Crippen molar-refractivity contribution < 1.29 is 23.3 Å². The first-order chi connectivity index (χ1) is 13.5. The summed E-state index contributed by atoms with van der Waals surface area (Å²) in [4.78, 5) is 22.8. The van der Waals surface area contributed by atoms with Crippen molar-refractivity contribution in [3.63, 3.8) is 0 Å². The number of nitrogens with one attached hydrogen (secondary N) is 2. The lowest BCUT2D eigenvalue weighted by atomic mass is 10.2. The number of benzene rings is 2. The number of para-hydroxylation sites is 1. The zero-order chi connectivity index (χ0) is 19.9. The van der Waals surface area contributed by atoms with Gasteiger partial charge in [-0.05, 0) is 48.5 Å². The van der Waals surface area contributed by atoms with Crippen molar-refractivity contribution >= 4 is 39.7 Å². The third-order valence-electron chi connectivity index (χ3n) is 3.70. The fourth-order valence-electron chi connectivity index (χ4n) is 2.45. The lowest BCUT2D eigenvalue weighted by Crippen LogP contribution is -2.20. The van der Waals surface area contributed by atoms with E-state index in [9.17, 15) is 13.8 Å². The van der Waals surface area contributed by atoms with Crippen molar-refractivity contribution in [1.82, 2.24) is 0 Å². The van der Waals surface area contributed by atoms with Crippen molar-refractivity contribution in [2.45, 2.75) is 5.75 Å². The van der Waals surface area contributed by atoms with E-state index in [1.807, 2.05) is 42.5 Å². The van der Waals surface area contributed by atoms with Gasteiger partial charge in [-0.15, -0.1) is 0 Å². The van der Waals surface area contributed by atoms with Crippen LogP contribution in [0.1, 0.15) is 16.3 Å². The molecule has 8 heteroatoms. The van der Waals surface area contributed by atoms with Crippen LogP contribution in [-0.4, -0.2) is 26.9 Å². The van der Waals surface area contributed by atoms with Gasteiger partial charge in [-0.25, -0.2) is 4.79 Å². The van der Waals surface area contributed by atoms with Gasteiger partial charge in [0.2, 0.25) is 11.7 Å². The lowest BCUT2D eigenvalue weighted by molar-refractivity contribution is -0.113. The van der Waals surface area contributed by atoms with E-state index in [0.717, 1.165) is 11.4 Å². The molecule has 0 aliphatic rings. The van der Waals surface area contributed by atoms with Crippen LogP contribution in [0.2, 0.25) is 0 Å². The molecular weight excluding hydrogens is 380 g/mol. The Morgan fingerprint density at radius 3 is 2.18 bits per heavy atom. The number of carbonyl (C=O) groups is 2. The molecule has 3 N–H and O–H groups in total. The van der Waals surface area contributed by atoms with E-state index in [4.69, 9.17) is 9.52 Å². The van der Waals surface area contributed by atoms with E-state index in [1.54, 1.807) is 12.1 Å². The van der Waals surface area contributed by atoms with Crippen molar-refractivity contribution in [2.24, 2.45) is 0 Å². The fraction of sp³-hybridized carbons (Fsp3) is 0.100. The molecule has 0 radical (unpaired) electrons. The Labute approximate surface area is 163 Å². The number of carbonyl (C=O) groups excluding carboxylic acids is 1.